The molecule has 8 rings (SSSR count). The standard InChI is InChI=1S/C58H66N4O/c1-38(2)27-40-29-41(28-39(3)4)31-45(30-40)60-37-61(55(58(11,12)13)54(60)57(8,9)10)46-32-43(42-19-15-14-16-20-42)33-48(35-46)63-47-23-24-50-49-21-17-18-22-51(49)62(52(50)36-47)53-34-44(25-26-59-53)56(5,6)7/h14-26,29-36,38-39H,27-28H2,1-13H3. The fourth-order valence-electron chi connectivity index (χ4n) is 9.19. The number of para-hydroxylation sites is 1. The van der Waals surface area contributed by atoms with Gasteiger partial charge in [-0.1, -0.05) is 156 Å². The summed E-state index contributed by atoms with van der Waals surface area (Å²) in [7, 11) is 0. The Hall–Kier alpha value is -5.94. The molecule has 0 saturated heterocycles. The number of rotatable bonds is 10. The number of aromatic nitrogens is 4. The third-order valence-corrected chi connectivity index (χ3v) is 11.9. The Morgan fingerprint density at radius 1 is 0.587 bits per heavy atom. The number of pyridine rings is 1. The van der Waals surface area contributed by atoms with Gasteiger partial charge < -0.3 is 4.74 Å². The highest BCUT2D eigenvalue weighted by Gasteiger charge is 2.34. The van der Waals surface area contributed by atoms with Crippen molar-refractivity contribution in [1.29, 1.82) is 0 Å². The molecule has 0 N–H and O–H groups in total. The molecule has 0 atom stereocenters. The fraction of sp³-hybridized carbons (Fsp3) is 0.345. The van der Waals surface area contributed by atoms with Gasteiger partial charge in [0.15, 0.2) is 0 Å². The first-order chi connectivity index (χ1) is 29.7. The number of ether oxygens (including phenoxy) is 1. The van der Waals surface area contributed by atoms with Crippen molar-refractivity contribution in [2.45, 2.75) is 119 Å². The molecule has 0 aliphatic heterocycles. The second-order valence-corrected chi connectivity index (χ2v) is 21.5. The Morgan fingerprint density at radius 3 is 1.87 bits per heavy atom. The number of nitrogens with zero attached hydrogens (tertiary/aromatic N) is 4. The molecule has 0 aliphatic rings. The molecule has 5 aromatic carbocycles. The molecular weight excluding hydrogens is 769 g/mol. The van der Waals surface area contributed by atoms with Gasteiger partial charge in [0.05, 0.1) is 33.8 Å². The van der Waals surface area contributed by atoms with Crippen LogP contribution in [0.25, 0.3) is 50.1 Å². The van der Waals surface area contributed by atoms with Crippen LogP contribution in [-0.2, 0) is 29.1 Å². The van der Waals surface area contributed by atoms with Gasteiger partial charge in [-0.3, -0.25) is 13.7 Å². The van der Waals surface area contributed by atoms with Crippen molar-refractivity contribution in [2.75, 3.05) is 0 Å². The minimum atomic E-state index is -0.221. The zero-order valence-corrected chi connectivity index (χ0v) is 39.9. The number of imidazole rings is 1. The minimum absolute atomic E-state index is 0.0163. The maximum atomic E-state index is 7.03. The van der Waals surface area contributed by atoms with Crippen LogP contribution in [0.3, 0.4) is 0 Å². The van der Waals surface area contributed by atoms with Crippen molar-refractivity contribution in [3.05, 3.63) is 162 Å². The predicted molar refractivity (Wildman–Crippen MR) is 263 cm³/mol. The second kappa shape index (κ2) is 16.6. The van der Waals surface area contributed by atoms with Crippen LogP contribution in [0, 0.1) is 18.2 Å². The molecule has 5 nitrogen and oxygen atoms in total. The lowest BCUT2D eigenvalue weighted by atomic mass is 9.81. The lowest BCUT2D eigenvalue weighted by Crippen LogP contribution is -2.41. The van der Waals surface area contributed by atoms with Gasteiger partial charge in [0, 0.05) is 23.0 Å². The first-order valence-electron chi connectivity index (χ1n) is 22.9. The maximum absolute atomic E-state index is 7.03. The topological polar surface area (TPSA) is 35.9 Å². The van der Waals surface area contributed by atoms with Crippen molar-refractivity contribution in [1.82, 2.24) is 14.1 Å². The summed E-state index contributed by atoms with van der Waals surface area (Å²) in [5, 5.41) is 2.34. The second-order valence-electron chi connectivity index (χ2n) is 21.5. The van der Waals surface area contributed by atoms with E-state index in [-0.39, 0.29) is 16.2 Å². The van der Waals surface area contributed by atoms with Crippen LogP contribution in [0.15, 0.2) is 128 Å². The summed E-state index contributed by atoms with van der Waals surface area (Å²) in [6.07, 6.45) is 7.97. The third-order valence-electron chi connectivity index (χ3n) is 11.9. The van der Waals surface area contributed by atoms with Crippen LogP contribution in [0.5, 0.6) is 11.5 Å². The Balaban J connectivity index is 1.33. The van der Waals surface area contributed by atoms with Crippen LogP contribution in [0.4, 0.5) is 0 Å². The largest absolute Gasteiger partial charge is 0.458 e. The minimum Gasteiger partial charge on any atom is -0.458 e. The molecule has 0 aliphatic carbocycles. The molecule has 0 radical (unpaired) electrons. The maximum Gasteiger partial charge on any atom is 0.269 e. The summed E-state index contributed by atoms with van der Waals surface area (Å²) in [4.78, 5) is 4.92. The van der Waals surface area contributed by atoms with E-state index in [4.69, 9.17) is 9.72 Å². The van der Waals surface area contributed by atoms with E-state index >= 15 is 0 Å². The molecule has 5 heteroatoms. The summed E-state index contributed by atoms with van der Waals surface area (Å²) in [5.41, 5.74) is 12.6. The summed E-state index contributed by atoms with van der Waals surface area (Å²) >= 11 is 0. The van der Waals surface area contributed by atoms with Crippen molar-refractivity contribution in [2.24, 2.45) is 11.8 Å². The van der Waals surface area contributed by atoms with E-state index in [1.807, 2.05) is 6.20 Å². The molecule has 324 valence electrons. The molecule has 3 heterocycles. The summed E-state index contributed by atoms with van der Waals surface area (Å²) in [6.45, 7) is 29.9. The quantitative estimate of drug-likeness (QED) is 0.102. The first kappa shape index (κ1) is 43.7. The molecule has 0 saturated carbocycles. The molecule has 63 heavy (non-hydrogen) atoms. The Labute approximate surface area is 376 Å². The van der Waals surface area contributed by atoms with Gasteiger partial charge in [0.1, 0.15) is 17.3 Å². The highest BCUT2D eigenvalue weighted by atomic mass is 16.5. The van der Waals surface area contributed by atoms with E-state index in [0.717, 1.165) is 63.4 Å². The number of benzene rings is 5. The molecule has 3 aromatic heterocycles. The van der Waals surface area contributed by atoms with Crippen molar-refractivity contribution in [3.63, 3.8) is 0 Å². The van der Waals surface area contributed by atoms with Gasteiger partial charge in [-0.25, -0.2) is 4.98 Å². The zero-order valence-electron chi connectivity index (χ0n) is 39.9. The van der Waals surface area contributed by atoms with E-state index in [1.165, 1.54) is 39.2 Å². The van der Waals surface area contributed by atoms with E-state index < -0.39 is 0 Å². The van der Waals surface area contributed by atoms with Gasteiger partial charge in [-0.05, 0) is 118 Å². The van der Waals surface area contributed by atoms with Gasteiger partial charge in [0.2, 0.25) is 0 Å². The highest BCUT2D eigenvalue weighted by molar-refractivity contribution is 6.09. The van der Waals surface area contributed by atoms with E-state index in [9.17, 15) is 0 Å². The highest BCUT2D eigenvalue weighted by Crippen LogP contribution is 2.40. The average Bonchev–Trinajstić information content (AvgIpc) is 3.78. The number of fused-ring (bicyclic) bond motifs is 3. The van der Waals surface area contributed by atoms with Crippen LogP contribution < -0.4 is 9.30 Å². The molecule has 0 fully saturated rings. The van der Waals surface area contributed by atoms with Crippen LogP contribution in [-0.4, -0.2) is 14.1 Å². The lowest BCUT2D eigenvalue weighted by molar-refractivity contribution is -0.611. The fourth-order valence-corrected chi connectivity index (χ4v) is 9.19. The van der Waals surface area contributed by atoms with Gasteiger partial charge >= 0.3 is 0 Å². The predicted octanol–water partition coefficient (Wildman–Crippen LogP) is 14.8. The molecule has 0 amide bonds. The number of hydrogen-bond donors (Lipinski definition) is 0. The van der Waals surface area contributed by atoms with Gasteiger partial charge in [-0.15, -0.1) is 0 Å². The monoisotopic (exact) mass is 835 g/mol. The lowest BCUT2D eigenvalue weighted by Gasteiger charge is -2.30. The smallest absolute Gasteiger partial charge is 0.269 e. The Kier molecular flexibility index (Phi) is 11.5. The van der Waals surface area contributed by atoms with Crippen molar-refractivity contribution >= 4 is 21.8 Å². The molecule has 0 spiro atoms. The van der Waals surface area contributed by atoms with Crippen molar-refractivity contribution < 1.29 is 9.30 Å². The van der Waals surface area contributed by atoms with Crippen LogP contribution >= 0.6 is 0 Å². The molecule has 0 bridgehead atoms. The Morgan fingerprint density at radius 2 is 1.24 bits per heavy atom. The molecule has 8 aromatic rings. The van der Waals surface area contributed by atoms with E-state index in [2.05, 4.69) is 231 Å². The van der Waals surface area contributed by atoms with Gasteiger partial charge in [0.25, 0.3) is 6.33 Å². The van der Waals surface area contributed by atoms with E-state index in [1.54, 1.807) is 0 Å². The van der Waals surface area contributed by atoms with Crippen LogP contribution in [0.2, 0.25) is 0 Å². The molecule has 0 unspecified atom stereocenters. The number of hydrogen-bond acceptors (Lipinski definition) is 2. The SMILES string of the molecule is CC(C)Cc1cc(CC(C)C)cc(-[n+]2[c-]n(-c3cc(Oc4ccc5c6ccccc6n(-c6cc(C(C)(C)C)ccn6)c5c4)cc(-c4ccccc4)c3)c(C(C)(C)C)c2C(C)(C)C)c1. The van der Waals surface area contributed by atoms with Crippen LogP contribution in [0.1, 0.15) is 118 Å². The normalized spacial score (nSPS) is 12.6. The Bertz CT molecular complexity index is 2890. The van der Waals surface area contributed by atoms with E-state index in [0.29, 0.717) is 11.8 Å². The van der Waals surface area contributed by atoms with Gasteiger partial charge in [-0.2, -0.15) is 0 Å². The average molecular weight is 835 g/mol. The summed E-state index contributed by atoms with van der Waals surface area (Å²) in [5.74, 6) is 3.51. The van der Waals surface area contributed by atoms with Crippen molar-refractivity contribution in [3.8, 4) is 39.8 Å². The summed E-state index contributed by atoms with van der Waals surface area (Å²) in [6, 6.07) is 43.9. The molecular formula is C58H66N4O. The summed E-state index contributed by atoms with van der Waals surface area (Å²) < 4.78 is 14.0. The zero-order chi connectivity index (χ0) is 45.0. The first-order valence-corrected chi connectivity index (χ1v) is 22.9. The third kappa shape index (κ3) is 9.12.